The molecule has 1 aliphatic carbocycles. The molecule has 1 aliphatic heterocycles. The van der Waals surface area contributed by atoms with Crippen molar-refractivity contribution in [1.29, 1.82) is 0 Å². The number of nitrogens with zero attached hydrogens (tertiary/aromatic N) is 1. The number of rotatable bonds is 2. The predicted octanol–water partition coefficient (Wildman–Crippen LogP) is 2.01. The second-order valence-electron chi connectivity index (χ2n) is 6.21. The highest BCUT2D eigenvalue weighted by atomic mass is 16.2. The highest BCUT2D eigenvalue weighted by molar-refractivity contribution is 5.83. The topological polar surface area (TPSA) is 46.3 Å². The first-order chi connectivity index (χ1) is 8.09. The van der Waals surface area contributed by atoms with Crippen LogP contribution in [0.3, 0.4) is 0 Å². The Kier molecular flexibility index (Phi) is 3.76. The molecule has 0 spiro atoms. The van der Waals surface area contributed by atoms with Gasteiger partial charge in [0.25, 0.3) is 0 Å². The van der Waals surface area contributed by atoms with Crippen molar-refractivity contribution < 1.29 is 4.79 Å². The van der Waals surface area contributed by atoms with Crippen molar-refractivity contribution in [3.8, 4) is 0 Å². The molecule has 2 fully saturated rings. The van der Waals surface area contributed by atoms with Gasteiger partial charge in [0, 0.05) is 19.6 Å². The van der Waals surface area contributed by atoms with Gasteiger partial charge in [-0.15, -0.1) is 0 Å². The first kappa shape index (κ1) is 12.9. The van der Waals surface area contributed by atoms with E-state index in [2.05, 4.69) is 18.7 Å². The Morgan fingerprint density at radius 2 is 1.71 bits per heavy atom. The van der Waals surface area contributed by atoms with E-state index in [-0.39, 0.29) is 5.41 Å². The van der Waals surface area contributed by atoms with Gasteiger partial charge in [-0.05, 0) is 24.7 Å². The van der Waals surface area contributed by atoms with Crippen LogP contribution in [0.15, 0.2) is 0 Å². The summed E-state index contributed by atoms with van der Waals surface area (Å²) in [6, 6.07) is 0. The molecule has 2 N–H and O–H groups in total. The van der Waals surface area contributed by atoms with Crippen molar-refractivity contribution in [3.63, 3.8) is 0 Å². The fourth-order valence-electron chi connectivity index (χ4n) is 3.36. The monoisotopic (exact) mass is 238 g/mol. The molecule has 1 saturated heterocycles. The predicted molar refractivity (Wildman–Crippen MR) is 69.5 cm³/mol. The Hall–Kier alpha value is -0.570. The van der Waals surface area contributed by atoms with Crippen molar-refractivity contribution in [2.45, 2.75) is 46.0 Å². The van der Waals surface area contributed by atoms with Crippen molar-refractivity contribution in [3.05, 3.63) is 0 Å². The minimum absolute atomic E-state index is 0.220. The number of amides is 1. The average molecular weight is 238 g/mol. The molecule has 0 bridgehead atoms. The fourth-order valence-corrected chi connectivity index (χ4v) is 3.36. The van der Waals surface area contributed by atoms with Gasteiger partial charge in [-0.3, -0.25) is 4.79 Å². The summed E-state index contributed by atoms with van der Waals surface area (Å²) in [6.45, 7) is 6.89. The molecule has 2 atom stereocenters. The summed E-state index contributed by atoms with van der Waals surface area (Å²) in [5.74, 6) is 1.62. The van der Waals surface area contributed by atoms with E-state index >= 15 is 0 Å². The molecular formula is C14H26N2O. The summed E-state index contributed by atoms with van der Waals surface area (Å²) in [7, 11) is 0. The molecule has 2 rings (SSSR count). The van der Waals surface area contributed by atoms with Crippen LogP contribution < -0.4 is 5.73 Å². The van der Waals surface area contributed by atoms with Crippen LogP contribution in [0.4, 0.5) is 0 Å². The van der Waals surface area contributed by atoms with Crippen LogP contribution in [0.25, 0.3) is 0 Å². The summed E-state index contributed by atoms with van der Waals surface area (Å²) < 4.78 is 0. The van der Waals surface area contributed by atoms with E-state index in [0.717, 1.165) is 25.9 Å². The molecule has 17 heavy (non-hydrogen) atoms. The van der Waals surface area contributed by atoms with Gasteiger partial charge < -0.3 is 10.6 Å². The molecule has 1 saturated carbocycles. The van der Waals surface area contributed by atoms with E-state index in [9.17, 15) is 4.79 Å². The Labute approximate surface area is 105 Å². The number of likely N-dealkylation sites (tertiary alicyclic amines) is 1. The van der Waals surface area contributed by atoms with Gasteiger partial charge in [0.15, 0.2) is 0 Å². The van der Waals surface area contributed by atoms with Crippen LogP contribution in [-0.2, 0) is 4.79 Å². The summed E-state index contributed by atoms with van der Waals surface area (Å²) in [5, 5.41) is 0. The molecule has 0 aromatic carbocycles. The standard InChI is InChI=1S/C14H26N2O/c1-11-8-16(9-12(11)2)13(17)14(10-15)6-4-3-5-7-14/h11-12H,3-10,15H2,1-2H3. The van der Waals surface area contributed by atoms with Crippen molar-refractivity contribution in [2.24, 2.45) is 23.0 Å². The zero-order chi connectivity index (χ0) is 12.5. The van der Waals surface area contributed by atoms with Crippen molar-refractivity contribution >= 4 is 5.91 Å². The lowest BCUT2D eigenvalue weighted by Crippen LogP contribution is -2.48. The lowest BCUT2D eigenvalue weighted by Gasteiger charge is -2.37. The van der Waals surface area contributed by atoms with Crippen LogP contribution in [0.2, 0.25) is 0 Å². The number of carbonyl (C=O) groups is 1. The third kappa shape index (κ3) is 2.35. The fraction of sp³-hybridized carbons (Fsp3) is 0.929. The number of hydrogen-bond acceptors (Lipinski definition) is 2. The SMILES string of the molecule is CC1CN(C(=O)C2(CN)CCCCC2)CC1C. The first-order valence-electron chi connectivity index (χ1n) is 7.08. The maximum Gasteiger partial charge on any atom is 0.230 e. The maximum absolute atomic E-state index is 12.7. The van der Waals surface area contributed by atoms with E-state index in [1.54, 1.807) is 0 Å². The van der Waals surface area contributed by atoms with Gasteiger partial charge >= 0.3 is 0 Å². The molecule has 3 heteroatoms. The molecular weight excluding hydrogens is 212 g/mol. The summed E-state index contributed by atoms with van der Waals surface area (Å²) in [6.07, 6.45) is 5.61. The molecule has 1 heterocycles. The van der Waals surface area contributed by atoms with Crippen molar-refractivity contribution in [2.75, 3.05) is 19.6 Å². The average Bonchev–Trinajstić information content (AvgIpc) is 2.69. The highest BCUT2D eigenvalue weighted by Crippen LogP contribution is 2.38. The molecule has 0 aromatic rings. The second-order valence-corrected chi connectivity index (χ2v) is 6.21. The quantitative estimate of drug-likeness (QED) is 0.800. The lowest BCUT2D eigenvalue weighted by atomic mass is 9.73. The van der Waals surface area contributed by atoms with E-state index in [4.69, 9.17) is 5.73 Å². The first-order valence-corrected chi connectivity index (χ1v) is 7.08. The number of hydrogen-bond donors (Lipinski definition) is 1. The van der Waals surface area contributed by atoms with E-state index in [1.807, 2.05) is 0 Å². The normalized spacial score (nSPS) is 32.8. The molecule has 98 valence electrons. The Bertz CT molecular complexity index is 274. The van der Waals surface area contributed by atoms with Crippen molar-refractivity contribution in [1.82, 2.24) is 4.90 Å². The Morgan fingerprint density at radius 1 is 1.18 bits per heavy atom. The largest absolute Gasteiger partial charge is 0.342 e. The molecule has 2 unspecified atom stereocenters. The van der Waals surface area contributed by atoms with E-state index in [1.165, 1.54) is 19.3 Å². The zero-order valence-corrected chi connectivity index (χ0v) is 11.2. The lowest BCUT2D eigenvalue weighted by molar-refractivity contribution is -0.142. The number of nitrogens with two attached hydrogens (primary N) is 1. The highest BCUT2D eigenvalue weighted by Gasteiger charge is 2.43. The van der Waals surface area contributed by atoms with Crippen LogP contribution in [0.1, 0.15) is 46.0 Å². The minimum Gasteiger partial charge on any atom is -0.342 e. The molecule has 0 radical (unpaired) electrons. The van der Waals surface area contributed by atoms with Crippen LogP contribution in [0.5, 0.6) is 0 Å². The Morgan fingerprint density at radius 3 is 2.18 bits per heavy atom. The maximum atomic E-state index is 12.7. The van der Waals surface area contributed by atoms with Gasteiger partial charge in [-0.2, -0.15) is 0 Å². The third-order valence-electron chi connectivity index (χ3n) is 4.93. The summed E-state index contributed by atoms with van der Waals surface area (Å²) in [5.41, 5.74) is 5.71. The summed E-state index contributed by atoms with van der Waals surface area (Å²) in [4.78, 5) is 14.8. The van der Waals surface area contributed by atoms with E-state index in [0.29, 0.717) is 24.3 Å². The zero-order valence-electron chi connectivity index (χ0n) is 11.2. The van der Waals surface area contributed by atoms with Gasteiger partial charge in [0.05, 0.1) is 5.41 Å². The molecule has 0 aromatic heterocycles. The minimum atomic E-state index is -0.220. The van der Waals surface area contributed by atoms with Crippen LogP contribution >= 0.6 is 0 Å². The van der Waals surface area contributed by atoms with Crippen LogP contribution in [0, 0.1) is 17.3 Å². The van der Waals surface area contributed by atoms with Gasteiger partial charge in [-0.1, -0.05) is 33.1 Å². The van der Waals surface area contributed by atoms with Gasteiger partial charge in [0.1, 0.15) is 0 Å². The summed E-state index contributed by atoms with van der Waals surface area (Å²) >= 11 is 0. The van der Waals surface area contributed by atoms with Crippen LogP contribution in [-0.4, -0.2) is 30.4 Å². The van der Waals surface area contributed by atoms with Gasteiger partial charge in [-0.25, -0.2) is 0 Å². The third-order valence-corrected chi connectivity index (χ3v) is 4.93. The molecule has 3 nitrogen and oxygen atoms in total. The smallest absolute Gasteiger partial charge is 0.230 e. The Balaban J connectivity index is 2.07. The van der Waals surface area contributed by atoms with Gasteiger partial charge in [0.2, 0.25) is 5.91 Å². The molecule has 1 amide bonds. The second kappa shape index (κ2) is 4.97. The molecule has 2 aliphatic rings. The number of carbonyl (C=O) groups excluding carboxylic acids is 1. The van der Waals surface area contributed by atoms with E-state index < -0.39 is 0 Å².